The summed E-state index contributed by atoms with van der Waals surface area (Å²) in [4.78, 5) is 51.8. The van der Waals surface area contributed by atoms with Crippen LogP contribution in [0.15, 0.2) is 78.9 Å². The van der Waals surface area contributed by atoms with Crippen LogP contribution in [-0.2, 0) is 11.2 Å². The Morgan fingerprint density at radius 1 is 0.806 bits per heavy atom. The number of rotatable bonds is 6. The maximum atomic E-state index is 13.2. The van der Waals surface area contributed by atoms with E-state index in [0.717, 1.165) is 10.5 Å². The molecule has 0 saturated heterocycles. The highest BCUT2D eigenvalue weighted by Gasteiger charge is 2.42. The number of hydrogen-bond acceptors (Lipinski definition) is 4. The largest absolute Gasteiger partial charge is 0.324 e. The Kier molecular flexibility index (Phi) is 5.45. The molecule has 3 aromatic carbocycles. The van der Waals surface area contributed by atoms with Crippen molar-refractivity contribution in [3.8, 4) is 0 Å². The molecule has 1 heterocycles. The van der Waals surface area contributed by atoms with Crippen LogP contribution in [0.1, 0.15) is 43.6 Å². The molecule has 1 aliphatic rings. The van der Waals surface area contributed by atoms with Crippen LogP contribution in [0.2, 0.25) is 0 Å². The molecule has 3 aromatic rings. The van der Waals surface area contributed by atoms with Gasteiger partial charge in [-0.3, -0.25) is 24.1 Å². The fourth-order valence-corrected chi connectivity index (χ4v) is 3.64. The van der Waals surface area contributed by atoms with Gasteiger partial charge in [-0.25, -0.2) is 0 Å². The maximum Gasteiger partial charge on any atom is 0.262 e. The van der Waals surface area contributed by atoms with Crippen molar-refractivity contribution in [1.29, 1.82) is 0 Å². The van der Waals surface area contributed by atoms with E-state index in [2.05, 4.69) is 5.32 Å². The number of nitrogens with zero attached hydrogens (tertiary/aromatic N) is 1. The number of ketones is 1. The van der Waals surface area contributed by atoms with Crippen molar-refractivity contribution in [2.24, 2.45) is 0 Å². The molecule has 1 atom stereocenters. The third kappa shape index (κ3) is 4.00. The Balaban J connectivity index is 1.65. The van der Waals surface area contributed by atoms with Crippen molar-refractivity contribution in [2.45, 2.75) is 19.4 Å². The number of carbonyl (C=O) groups is 4. The third-order valence-corrected chi connectivity index (χ3v) is 5.27. The minimum absolute atomic E-state index is 0.0779. The fourth-order valence-electron chi connectivity index (χ4n) is 3.64. The normalized spacial score (nSPS) is 13.6. The lowest BCUT2D eigenvalue weighted by Gasteiger charge is -2.25. The molecule has 4 rings (SSSR count). The lowest BCUT2D eigenvalue weighted by Crippen LogP contribution is -2.48. The number of nitrogens with one attached hydrogen (secondary N) is 1. The van der Waals surface area contributed by atoms with Crippen LogP contribution < -0.4 is 5.32 Å². The first-order chi connectivity index (χ1) is 15.0. The highest BCUT2D eigenvalue weighted by Crippen LogP contribution is 2.26. The fraction of sp³-hybridized carbons (Fsp3) is 0.120. The molecule has 1 aliphatic heterocycles. The molecule has 0 bridgehead atoms. The lowest BCUT2D eigenvalue weighted by molar-refractivity contribution is -0.119. The molecule has 0 aromatic heterocycles. The van der Waals surface area contributed by atoms with Crippen LogP contribution in [0, 0.1) is 0 Å². The molecule has 0 saturated carbocycles. The predicted molar refractivity (Wildman–Crippen MR) is 116 cm³/mol. The summed E-state index contributed by atoms with van der Waals surface area (Å²) in [6, 6.07) is 21.2. The first kappa shape index (κ1) is 20.2. The number of hydrogen-bond donors (Lipinski definition) is 1. The van der Waals surface area contributed by atoms with Crippen LogP contribution in [0.4, 0.5) is 5.69 Å². The van der Waals surface area contributed by atoms with Gasteiger partial charge in [0, 0.05) is 17.7 Å². The predicted octanol–water partition coefficient (Wildman–Crippen LogP) is 3.74. The van der Waals surface area contributed by atoms with Gasteiger partial charge in [0.25, 0.3) is 11.8 Å². The number of fused-ring (bicyclic) bond motifs is 1. The summed E-state index contributed by atoms with van der Waals surface area (Å²) in [5.74, 6) is -1.52. The topological polar surface area (TPSA) is 83.6 Å². The monoisotopic (exact) mass is 412 g/mol. The quantitative estimate of drug-likeness (QED) is 0.494. The van der Waals surface area contributed by atoms with E-state index < -0.39 is 23.8 Å². The lowest BCUT2D eigenvalue weighted by atomic mass is 10.0. The Hall–Kier alpha value is -4.06. The summed E-state index contributed by atoms with van der Waals surface area (Å²) in [6.07, 6.45) is 0.184. The SMILES string of the molecule is CC(=O)c1ccc(NC(=O)C(Cc2ccccc2)N2C(=O)c3ccccc3C2=O)cc1. The number of amides is 3. The third-order valence-electron chi connectivity index (χ3n) is 5.27. The van der Waals surface area contributed by atoms with Gasteiger partial charge < -0.3 is 5.32 Å². The van der Waals surface area contributed by atoms with Gasteiger partial charge >= 0.3 is 0 Å². The first-order valence-electron chi connectivity index (χ1n) is 9.88. The van der Waals surface area contributed by atoms with Crippen LogP contribution in [0.3, 0.4) is 0 Å². The van der Waals surface area contributed by atoms with Gasteiger partial charge in [-0.05, 0) is 48.9 Å². The van der Waals surface area contributed by atoms with Gasteiger partial charge in [0.15, 0.2) is 5.78 Å². The van der Waals surface area contributed by atoms with Crippen molar-refractivity contribution in [2.75, 3.05) is 5.32 Å². The van der Waals surface area contributed by atoms with Gasteiger partial charge in [0.05, 0.1) is 11.1 Å². The highest BCUT2D eigenvalue weighted by atomic mass is 16.2. The summed E-state index contributed by atoms with van der Waals surface area (Å²) in [6.45, 7) is 1.46. The van der Waals surface area contributed by atoms with Gasteiger partial charge in [-0.2, -0.15) is 0 Å². The maximum absolute atomic E-state index is 13.2. The summed E-state index contributed by atoms with van der Waals surface area (Å²) < 4.78 is 0. The second kappa shape index (κ2) is 8.36. The molecule has 31 heavy (non-hydrogen) atoms. The van der Waals surface area contributed by atoms with E-state index in [9.17, 15) is 19.2 Å². The molecule has 6 nitrogen and oxygen atoms in total. The summed E-state index contributed by atoms with van der Waals surface area (Å²) in [7, 11) is 0. The van der Waals surface area contributed by atoms with Crippen LogP contribution >= 0.6 is 0 Å². The summed E-state index contributed by atoms with van der Waals surface area (Å²) >= 11 is 0. The van der Waals surface area contributed by atoms with Crippen LogP contribution in [0.25, 0.3) is 0 Å². The Bertz CT molecular complexity index is 1130. The first-order valence-corrected chi connectivity index (χ1v) is 9.88. The van der Waals surface area contributed by atoms with E-state index in [1.165, 1.54) is 6.92 Å². The molecular weight excluding hydrogens is 392 g/mol. The number of carbonyl (C=O) groups excluding carboxylic acids is 4. The molecule has 0 radical (unpaired) electrons. The van der Waals surface area contributed by atoms with Crippen molar-refractivity contribution in [3.63, 3.8) is 0 Å². The molecular formula is C25H20N2O4. The van der Waals surface area contributed by atoms with E-state index in [4.69, 9.17) is 0 Å². The molecule has 0 spiro atoms. The minimum atomic E-state index is -1.03. The summed E-state index contributed by atoms with van der Waals surface area (Å²) in [5, 5.41) is 2.78. The summed E-state index contributed by atoms with van der Waals surface area (Å²) in [5.41, 5.74) is 2.42. The van der Waals surface area contributed by atoms with E-state index in [0.29, 0.717) is 22.4 Å². The van der Waals surface area contributed by atoms with E-state index in [1.54, 1.807) is 48.5 Å². The second-order valence-corrected chi connectivity index (χ2v) is 7.35. The van der Waals surface area contributed by atoms with E-state index in [-0.39, 0.29) is 12.2 Å². The number of imide groups is 1. The second-order valence-electron chi connectivity index (χ2n) is 7.35. The number of Topliss-reactive ketones (excluding diaryl/α,β-unsaturated/α-hetero) is 1. The zero-order chi connectivity index (χ0) is 22.0. The highest BCUT2D eigenvalue weighted by molar-refractivity contribution is 6.23. The Labute approximate surface area is 179 Å². The van der Waals surface area contributed by atoms with E-state index >= 15 is 0 Å². The van der Waals surface area contributed by atoms with Gasteiger partial charge in [0.2, 0.25) is 5.91 Å². The number of anilines is 1. The smallest absolute Gasteiger partial charge is 0.262 e. The zero-order valence-electron chi connectivity index (χ0n) is 16.9. The zero-order valence-corrected chi connectivity index (χ0v) is 16.9. The Morgan fingerprint density at radius 2 is 1.35 bits per heavy atom. The van der Waals surface area contributed by atoms with Crippen molar-refractivity contribution in [1.82, 2.24) is 4.90 Å². The molecule has 1 unspecified atom stereocenters. The Morgan fingerprint density at radius 3 is 1.90 bits per heavy atom. The van der Waals surface area contributed by atoms with Crippen molar-refractivity contribution >= 4 is 29.2 Å². The average molecular weight is 412 g/mol. The molecule has 0 aliphatic carbocycles. The molecule has 3 amide bonds. The minimum Gasteiger partial charge on any atom is -0.324 e. The van der Waals surface area contributed by atoms with Crippen LogP contribution in [-0.4, -0.2) is 34.4 Å². The van der Waals surface area contributed by atoms with Gasteiger partial charge in [0.1, 0.15) is 6.04 Å². The van der Waals surface area contributed by atoms with Crippen molar-refractivity contribution < 1.29 is 19.2 Å². The number of benzene rings is 3. The van der Waals surface area contributed by atoms with Crippen LogP contribution in [0.5, 0.6) is 0 Å². The molecule has 6 heteroatoms. The molecule has 154 valence electrons. The average Bonchev–Trinajstić information content (AvgIpc) is 3.03. The van der Waals surface area contributed by atoms with E-state index in [1.807, 2.05) is 30.3 Å². The van der Waals surface area contributed by atoms with Gasteiger partial charge in [-0.1, -0.05) is 42.5 Å². The molecule has 1 N–H and O–H groups in total. The standard InChI is InChI=1S/C25H20N2O4/c1-16(28)18-11-13-19(14-12-18)26-23(29)22(15-17-7-3-2-4-8-17)27-24(30)20-9-5-6-10-21(20)25(27)31/h2-14,22H,15H2,1H3,(H,26,29). The molecule has 0 fully saturated rings. The van der Waals surface area contributed by atoms with Gasteiger partial charge in [-0.15, -0.1) is 0 Å². The van der Waals surface area contributed by atoms with Crippen molar-refractivity contribution in [3.05, 3.63) is 101 Å².